The molecule has 0 saturated heterocycles. The average molecular weight is 322 g/mol. The van der Waals surface area contributed by atoms with Crippen LogP contribution in [0.3, 0.4) is 0 Å². The molecule has 0 radical (unpaired) electrons. The van der Waals surface area contributed by atoms with Gasteiger partial charge in [0, 0.05) is 29.3 Å². The molecular weight excluding hydrogens is 302 g/mol. The first-order chi connectivity index (χ1) is 9.11. The maximum absolute atomic E-state index is 4.44. The van der Waals surface area contributed by atoms with Gasteiger partial charge in [0.1, 0.15) is 0 Å². The molecule has 0 fully saturated rings. The van der Waals surface area contributed by atoms with E-state index in [4.69, 9.17) is 0 Å². The quantitative estimate of drug-likeness (QED) is 0.914. The van der Waals surface area contributed by atoms with E-state index in [2.05, 4.69) is 64.6 Å². The van der Waals surface area contributed by atoms with E-state index in [1.807, 2.05) is 17.8 Å². The number of aryl methyl sites for hydroxylation is 2. The zero-order valence-electron chi connectivity index (χ0n) is 11.7. The Kier molecular flexibility index (Phi) is 4.77. The highest BCUT2D eigenvalue weighted by Crippen LogP contribution is 2.25. The van der Waals surface area contributed by atoms with Gasteiger partial charge >= 0.3 is 0 Å². The van der Waals surface area contributed by atoms with Crippen molar-refractivity contribution < 1.29 is 0 Å². The number of hydrogen-bond donors (Lipinski definition) is 1. The number of halogens is 1. The molecule has 1 aromatic heterocycles. The summed E-state index contributed by atoms with van der Waals surface area (Å²) in [6, 6.07) is 8.69. The van der Waals surface area contributed by atoms with Gasteiger partial charge in [0.2, 0.25) is 0 Å². The highest BCUT2D eigenvalue weighted by molar-refractivity contribution is 9.10. The molecule has 1 unspecified atom stereocenters. The van der Waals surface area contributed by atoms with Crippen LogP contribution in [0.1, 0.15) is 29.8 Å². The van der Waals surface area contributed by atoms with Crippen LogP contribution < -0.4 is 5.32 Å². The molecule has 19 heavy (non-hydrogen) atoms. The van der Waals surface area contributed by atoms with Crippen LogP contribution in [0.25, 0.3) is 0 Å². The molecule has 1 atom stereocenters. The van der Waals surface area contributed by atoms with Gasteiger partial charge in [-0.3, -0.25) is 4.68 Å². The maximum atomic E-state index is 4.44. The minimum atomic E-state index is 0.303. The van der Waals surface area contributed by atoms with Crippen LogP contribution in [0.5, 0.6) is 0 Å². The van der Waals surface area contributed by atoms with Crippen LogP contribution in [-0.2, 0) is 13.5 Å². The molecule has 0 bridgehead atoms. The van der Waals surface area contributed by atoms with E-state index < -0.39 is 0 Å². The van der Waals surface area contributed by atoms with Crippen molar-refractivity contribution in [2.75, 3.05) is 6.54 Å². The third-order valence-corrected chi connectivity index (χ3v) is 4.03. The summed E-state index contributed by atoms with van der Waals surface area (Å²) >= 11 is 3.62. The smallest absolute Gasteiger partial charge is 0.0641 e. The molecule has 3 nitrogen and oxygen atoms in total. The lowest BCUT2D eigenvalue weighted by molar-refractivity contribution is 0.546. The lowest BCUT2D eigenvalue weighted by Gasteiger charge is -2.18. The van der Waals surface area contributed by atoms with Crippen LogP contribution in [0.4, 0.5) is 0 Å². The van der Waals surface area contributed by atoms with Crippen molar-refractivity contribution in [1.82, 2.24) is 15.1 Å². The number of nitrogens with zero attached hydrogens (tertiary/aromatic N) is 2. The average Bonchev–Trinajstić information content (AvgIpc) is 2.70. The van der Waals surface area contributed by atoms with E-state index in [0.717, 1.165) is 18.7 Å². The molecule has 1 heterocycles. The summed E-state index contributed by atoms with van der Waals surface area (Å²) in [7, 11) is 1.97. The van der Waals surface area contributed by atoms with Crippen molar-refractivity contribution in [3.63, 3.8) is 0 Å². The number of rotatable bonds is 5. The van der Waals surface area contributed by atoms with Crippen molar-refractivity contribution >= 4 is 15.9 Å². The SMILES string of the molecule is CCNC(Cc1ccccc1Br)c1cn(C)nc1C. The van der Waals surface area contributed by atoms with Gasteiger partial charge < -0.3 is 5.32 Å². The monoisotopic (exact) mass is 321 g/mol. The molecule has 0 spiro atoms. The lowest BCUT2D eigenvalue weighted by atomic mass is 9.99. The topological polar surface area (TPSA) is 29.9 Å². The molecule has 0 aliphatic heterocycles. The van der Waals surface area contributed by atoms with E-state index in [0.29, 0.717) is 6.04 Å². The molecule has 0 amide bonds. The first kappa shape index (κ1) is 14.3. The van der Waals surface area contributed by atoms with Gasteiger partial charge in [-0.05, 0) is 31.5 Å². The predicted molar refractivity (Wildman–Crippen MR) is 82.2 cm³/mol. The van der Waals surface area contributed by atoms with E-state index in [1.54, 1.807) is 0 Å². The first-order valence-corrected chi connectivity index (χ1v) is 7.38. The molecule has 0 aliphatic rings. The standard InChI is InChI=1S/C15H20BrN3/c1-4-17-15(13-10-19(3)18-11(13)2)9-12-7-5-6-8-14(12)16/h5-8,10,15,17H,4,9H2,1-3H3. The fraction of sp³-hybridized carbons (Fsp3) is 0.400. The minimum absolute atomic E-state index is 0.303. The van der Waals surface area contributed by atoms with Gasteiger partial charge in [-0.2, -0.15) is 5.10 Å². The summed E-state index contributed by atoms with van der Waals surface area (Å²) in [6.45, 7) is 5.15. The van der Waals surface area contributed by atoms with Gasteiger partial charge in [-0.25, -0.2) is 0 Å². The number of likely N-dealkylation sites (N-methyl/N-ethyl adjacent to an activating group) is 1. The summed E-state index contributed by atoms with van der Waals surface area (Å²) in [6.07, 6.45) is 3.07. The number of aromatic nitrogens is 2. The summed E-state index contributed by atoms with van der Waals surface area (Å²) in [5, 5.41) is 8.00. The van der Waals surface area contributed by atoms with Gasteiger partial charge in [0.15, 0.2) is 0 Å². The van der Waals surface area contributed by atoms with E-state index in [9.17, 15) is 0 Å². The maximum Gasteiger partial charge on any atom is 0.0641 e. The Balaban J connectivity index is 2.26. The Morgan fingerprint density at radius 1 is 1.37 bits per heavy atom. The zero-order valence-corrected chi connectivity index (χ0v) is 13.2. The van der Waals surface area contributed by atoms with Crippen molar-refractivity contribution in [3.05, 3.63) is 51.8 Å². The highest BCUT2D eigenvalue weighted by Gasteiger charge is 2.17. The first-order valence-electron chi connectivity index (χ1n) is 6.58. The molecule has 1 aromatic carbocycles. The number of benzene rings is 1. The van der Waals surface area contributed by atoms with E-state index in [1.165, 1.54) is 15.6 Å². The Bertz CT molecular complexity index is 548. The molecule has 0 aliphatic carbocycles. The molecule has 0 saturated carbocycles. The molecule has 1 N–H and O–H groups in total. The second-order valence-corrected chi connectivity index (χ2v) is 5.60. The van der Waals surface area contributed by atoms with Crippen LogP contribution >= 0.6 is 15.9 Å². The molecule has 4 heteroatoms. The lowest BCUT2D eigenvalue weighted by Crippen LogP contribution is -2.23. The van der Waals surface area contributed by atoms with Gasteiger partial charge in [0.05, 0.1) is 5.69 Å². The molecule has 2 aromatic rings. The van der Waals surface area contributed by atoms with Crippen molar-refractivity contribution in [3.8, 4) is 0 Å². The minimum Gasteiger partial charge on any atom is -0.310 e. The third kappa shape index (κ3) is 3.45. The fourth-order valence-corrected chi connectivity index (χ4v) is 2.83. The van der Waals surface area contributed by atoms with Crippen molar-refractivity contribution in [1.29, 1.82) is 0 Å². The fourth-order valence-electron chi connectivity index (χ4n) is 2.38. The zero-order chi connectivity index (χ0) is 13.8. The van der Waals surface area contributed by atoms with Gasteiger partial charge in [-0.1, -0.05) is 41.1 Å². The van der Waals surface area contributed by atoms with Gasteiger partial charge in [-0.15, -0.1) is 0 Å². The Morgan fingerprint density at radius 2 is 2.11 bits per heavy atom. The Morgan fingerprint density at radius 3 is 2.68 bits per heavy atom. The second kappa shape index (κ2) is 6.35. The third-order valence-electron chi connectivity index (χ3n) is 3.26. The van der Waals surface area contributed by atoms with Crippen molar-refractivity contribution in [2.24, 2.45) is 7.05 Å². The Labute approximate surface area is 123 Å². The molecule has 102 valence electrons. The summed E-state index contributed by atoms with van der Waals surface area (Å²) in [5.41, 5.74) is 3.69. The van der Waals surface area contributed by atoms with Crippen molar-refractivity contribution in [2.45, 2.75) is 26.3 Å². The van der Waals surface area contributed by atoms with Gasteiger partial charge in [0.25, 0.3) is 0 Å². The second-order valence-electron chi connectivity index (χ2n) is 4.75. The van der Waals surface area contributed by atoms with Crippen LogP contribution in [0.15, 0.2) is 34.9 Å². The molecular formula is C15H20BrN3. The summed E-state index contributed by atoms with van der Waals surface area (Å²) in [5.74, 6) is 0. The normalized spacial score (nSPS) is 12.6. The summed E-state index contributed by atoms with van der Waals surface area (Å²) in [4.78, 5) is 0. The van der Waals surface area contributed by atoms with E-state index >= 15 is 0 Å². The van der Waals surface area contributed by atoms with Crippen LogP contribution in [0.2, 0.25) is 0 Å². The Hall–Kier alpha value is -1.13. The largest absolute Gasteiger partial charge is 0.310 e. The highest BCUT2D eigenvalue weighted by atomic mass is 79.9. The van der Waals surface area contributed by atoms with Crippen LogP contribution in [-0.4, -0.2) is 16.3 Å². The number of hydrogen-bond acceptors (Lipinski definition) is 2. The molecule has 2 rings (SSSR count). The summed E-state index contributed by atoms with van der Waals surface area (Å²) < 4.78 is 3.05. The predicted octanol–water partition coefficient (Wildman–Crippen LogP) is 3.38. The van der Waals surface area contributed by atoms with Crippen LogP contribution in [0, 0.1) is 6.92 Å². The van der Waals surface area contributed by atoms with E-state index in [-0.39, 0.29) is 0 Å². The number of nitrogens with one attached hydrogen (secondary N) is 1.